The van der Waals surface area contributed by atoms with Crippen molar-refractivity contribution in [3.63, 3.8) is 0 Å². The molecule has 1 amide bonds. The maximum absolute atomic E-state index is 13.6. The molecule has 3 heterocycles. The summed E-state index contributed by atoms with van der Waals surface area (Å²) >= 11 is 1.42. The fraction of sp³-hybridized carbons (Fsp3) is 0.120. The highest BCUT2D eigenvalue weighted by molar-refractivity contribution is 7.22. The van der Waals surface area contributed by atoms with Crippen LogP contribution in [0.25, 0.3) is 21.2 Å². The number of aryl methyl sites for hydroxylation is 2. The van der Waals surface area contributed by atoms with E-state index in [1.807, 2.05) is 44.2 Å². The summed E-state index contributed by atoms with van der Waals surface area (Å²) < 4.78 is 6.81. The van der Waals surface area contributed by atoms with E-state index in [0.29, 0.717) is 21.8 Å². The molecular formula is C25H19N3O3S. The van der Waals surface area contributed by atoms with E-state index in [1.54, 1.807) is 30.5 Å². The lowest BCUT2D eigenvalue weighted by Crippen LogP contribution is -2.31. The van der Waals surface area contributed by atoms with Gasteiger partial charge in [0.25, 0.3) is 5.91 Å². The quantitative estimate of drug-likeness (QED) is 0.380. The Labute approximate surface area is 187 Å². The Morgan fingerprint density at radius 1 is 1.06 bits per heavy atom. The number of hydrogen-bond donors (Lipinski definition) is 0. The molecule has 7 heteroatoms. The Morgan fingerprint density at radius 2 is 1.88 bits per heavy atom. The number of thiazole rings is 1. The van der Waals surface area contributed by atoms with E-state index in [9.17, 15) is 9.59 Å². The van der Waals surface area contributed by atoms with Crippen LogP contribution in [-0.2, 0) is 6.54 Å². The first-order valence-electron chi connectivity index (χ1n) is 10.1. The van der Waals surface area contributed by atoms with Crippen molar-refractivity contribution in [1.82, 2.24) is 9.97 Å². The predicted octanol–water partition coefficient (Wildman–Crippen LogP) is 5.26. The van der Waals surface area contributed by atoms with Crippen molar-refractivity contribution in [2.24, 2.45) is 0 Å². The first-order chi connectivity index (χ1) is 15.5. The minimum atomic E-state index is -0.438. The van der Waals surface area contributed by atoms with Crippen molar-refractivity contribution in [1.29, 1.82) is 0 Å². The van der Waals surface area contributed by atoms with Crippen molar-refractivity contribution < 1.29 is 9.21 Å². The second kappa shape index (κ2) is 8.01. The molecule has 0 atom stereocenters. The number of rotatable bonds is 4. The second-order valence-electron chi connectivity index (χ2n) is 7.53. The molecule has 0 unspecified atom stereocenters. The summed E-state index contributed by atoms with van der Waals surface area (Å²) in [4.78, 5) is 36.9. The fourth-order valence-electron chi connectivity index (χ4n) is 3.55. The number of hydrogen-bond acceptors (Lipinski definition) is 6. The van der Waals surface area contributed by atoms with Crippen molar-refractivity contribution in [3.8, 4) is 0 Å². The first kappa shape index (κ1) is 20.1. The molecule has 0 aliphatic carbocycles. The van der Waals surface area contributed by atoms with E-state index in [2.05, 4.69) is 4.98 Å². The maximum atomic E-state index is 13.6. The molecule has 3 aromatic heterocycles. The predicted molar refractivity (Wildman–Crippen MR) is 126 cm³/mol. The van der Waals surface area contributed by atoms with Gasteiger partial charge >= 0.3 is 0 Å². The lowest BCUT2D eigenvalue weighted by atomic mass is 10.1. The van der Waals surface area contributed by atoms with Gasteiger partial charge in [0.1, 0.15) is 5.58 Å². The number of fused-ring (bicyclic) bond motifs is 2. The van der Waals surface area contributed by atoms with Crippen LogP contribution in [0.2, 0.25) is 0 Å². The average Bonchev–Trinajstić information content (AvgIpc) is 3.25. The Bertz CT molecular complexity index is 1520. The number of carbonyl (C=O) groups is 1. The van der Waals surface area contributed by atoms with Crippen molar-refractivity contribution >= 4 is 43.6 Å². The van der Waals surface area contributed by atoms with Crippen LogP contribution in [-0.4, -0.2) is 15.9 Å². The van der Waals surface area contributed by atoms with Crippen LogP contribution >= 0.6 is 11.3 Å². The molecule has 0 saturated carbocycles. The molecule has 158 valence electrons. The smallest absolute Gasteiger partial charge is 0.296 e. The van der Waals surface area contributed by atoms with Gasteiger partial charge in [-0.2, -0.15) is 0 Å². The van der Waals surface area contributed by atoms with Gasteiger partial charge in [0.05, 0.1) is 27.8 Å². The molecule has 32 heavy (non-hydrogen) atoms. The first-order valence-corrected chi connectivity index (χ1v) is 10.9. The zero-order valence-corrected chi connectivity index (χ0v) is 18.3. The average molecular weight is 442 g/mol. The van der Waals surface area contributed by atoms with E-state index >= 15 is 0 Å². The van der Waals surface area contributed by atoms with Crippen LogP contribution in [0.5, 0.6) is 0 Å². The van der Waals surface area contributed by atoms with Gasteiger partial charge in [0, 0.05) is 12.3 Å². The van der Waals surface area contributed by atoms with Gasteiger partial charge in [-0.15, -0.1) is 0 Å². The third-order valence-corrected chi connectivity index (χ3v) is 6.48. The molecule has 5 aromatic rings. The van der Waals surface area contributed by atoms with Crippen LogP contribution < -0.4 is 10.3 Å². The minimum absolute atomic E-state index is 0.0308. The molecule has 0 saturated heterocycles. The third-order valence-electron chi connectivity index (χ3n) is 5.44. The number of amides is 1. The summed E-state index contributed by atoms with van der Waals surface area (Å²) in [6, 6.07) is 17.7. The van der Waals surface area contributed by atoms with Gasteiger partial charge in [-0.05, 0) is 55.3 Å². The van der Waals surface area contributed by atoms with Gasteiger partial charge in [-0.1, -0.05) is 35.6 Å². The monoisotopic (exact) mass is 441 g/mol. The van der Waals surface area contributed by atoms with E-state index < -0.39 is 5.91 Å². The molecule has 0 spiro atoms. The van der Waals surface area contributed by atoms with Crippen LogP contribution in [0.15, 0.2) is 76.1 Å². The zero-order valence-electron chi connectivity index (χ0n) is 17.5. The summed E-state index contributed by atoms with van der Waals surface area (Å²) in [6.45, 7) is 4.26. The number of para-hydroxylation sites is 1. The molecule has 0 aliphatic rings. The highest BCUT2D eigenvalue weighted by atomic mass is 32.1. The molecule has 6 nitrogen and oxygen atoms in total. The highest BCUT2D eigenvalue weighted by Gasteiger charge is 2.25. The number of pyridine rings is 1. The molecule has 0 fully saturated rings. The molecule has 0 N–H and O–H groups in total. The SMILES string of the molecule is Cc1ccc2sc(N(Cc3ccccn3)C(=O)c3cc(=O)c4ccccc4o3)nc2c1C. The molecule has 5 rings (SSSR count). The fourth-order valence-corrected chi connectivity index (χ4v) is 4.57. The van der Waals surface area contributed by atoms with Gasteiger partial charge in [-0.3, -0.25) is 19.5 Å². The lowest BCUT2D eigenvalue weighted by Gasteiger charge is -2.19. The number of anilines is 1. The van der Waals surface area contributed by atoms with E-state index in [1.165, 1.54) is 22.3 Å². The third kappa shape index (κ3) is 3.56. The summed E-state index contributed by atoms with van der Waals surface area (Å²) in [5.74, 6) is -0.469. The normalized spacial score (nSPS) is 11.2. The highest BCUT2D eigenvalue weighted by Crippen LogP contribution is 2.33. The summed E-state index contributed by atoms with van der Waals surface area (Å²) in [5, 5.41) is 0.964. The van der Waals surface area contributed by atoms with Crippen LogP contribution in [0.3, 0.4) is 0 Å². The van der Waals surface area contributed by atoms with Gasteiger partial charge in [-0.25, -0.2) is 4.98 Å². The van der Waals surface area contributed by atoms with Crippen LogP contribution in [0.1, 0.15) is 27.4 Å². The molecule has 0 aliphatic heterocycles. The van der Waals surface area contributed by atoms with Crippen molar-refractivity contribution in [2.75, 3.05) is 4.90 Å². The Kier molecular flexibility index (Phi) is 5.03. The largest absolute Gasteiger partial charge is 0.451 e. The molecule has 0 bridgehead atoms. The van der Waals surface area contributed by atoms with Gasteiger partial charge in [0.2, 0.25) is 0 Å². The van der Waals surface area contributed by atoms with Crippen LogP contribution in [0, 0.1) is 13.8 Å². The Balaban J connectivity index is 1.64. The van der Waals surface area contributed by atoms with Crippen molar-refractivity contribution in [2.45, 2.75) is 20.4 Å². The number of aromatic nitrogens is 2. The zero-order chi connectivity index (χ0) is 22.2. The summed E-state index contributed by atoms with van der Waals surface area (Å²) in [6.07, 6.45) is 1.68. The van der Waals surface area contributed by atoms with E-state index in [4.69, 9.17) is 9.40 Å². The Morgan fingerprint density at radius 3 is 2.69 bits per heavy atom. The number of nitrogens with zero attached hydrogens (tertiary/aromatic N) is 3. The standard InChI is InChI=1S/C25H19N3O3S/c1-15-10-11-22-23(16(15)2)27-25(32-22)28(14-17-7-5-6-12-26-17)24(30)21-13-19(29)18-8-3-4-9-20(18)31-21/h3-13H,14H2,1-2H3. The number of carbonyl (C=O) groups excluding carboxylic acids is 1. The minimum Gasteiger partial charge on any atom is -0.451 e. The Hall–Kier alpha value is -3.84. The lowest BCUT2D eigenvalue weighted by molar-refractivity contribution is 0.0958. The van der Waals surface area contributed by atoms with E-state index in [-0.39, 0.29) is 17.7 Å². The van der Waals surface area contributed by atoms with E-state index in [0.717, 1.165) is 21.3 Å². The second-order valence-corrected chi connectivity index (χ2v) is 8.54. The number of benzene rings is 2. The molecule has 2 aromatic carbocycles. The van der Waals surface area contributed by atoms with Gasteiger partial charge in [0.15, 0.2) is 16.3 Å². The van der Waals surface area contributed by atoms with Gasteiger partial charge < -0.3 is 4.42 Å². The van der Waals surface area contributed by atoms with Crippen LogP contribution in [0.4, 0.5) is 5.13 Å². The molecular weight excluding hydrogens is 422 g/mol. The topological polar surface area (TPSA) is 76.3 Å². The maximum Gasteiger partial charge on any atom is 0.296 e. The summed E-state index contributed by atoms with van der Waals surface area (Å²) in [5.41, 5.74) is 3.89. The summed E-state index contributed by atoms with van der Waals surface area (Å²) in [7, 11) is 0. The molecule has 0 radical (unpaired) electrons. The van der Waals surface area contributed by atoms with Crippen molar-refractivity contribution in [3.05, 3.63) is 99.7 Å².